The SMILES string of the molecule is O=C(O)C1CSC(c2ccsc2)N1C(=O)OCc1ccccc1. The second kappa shape index (κ2) is 7.06. The van der Waals surface area contributed by atoms with Crippen molar-refractivity contribution in [3.8, 4) is 0 Å². The van der Waals surface area contributed by atoms with Gasteiger partial charge in [0.1, 0.15) is 18.0 Å². The van der Waals surface area contributed by atoms with Crippen LogP contribution in [0.5, 0.6) is 0 Å². The van der Waals surface area contributed by atoms with Crippen LogP contribution in [0.4, 0.5) is 4.79 Å². The molecule has 1 aliphatic rings. The molecule has 1 amide bonds. The first-order valence-corrected chi connectivity index (χ1v) is 9.01. The van der Waals surface area contributed by atoms with Crippen LogP contribution in [0, 0.1) is 0 Å². The number of carbonyl (C=O) groups excluding carboxylic acids is 1. The fraction of sp³-hybridized carbons (Fsp3) is 0.250. The van der Waals surface area contributed by atoms with E-state index in [1.54, 1.807) is 0 Å². The summed E-state index contributed by atoms with van der Waals surface area (Å²) in [6, 6.07) is 10.4. The minimum Gasteiger partial charge on any atom is -0.480 e. The van der Waals surface area contributed by atoms with Crippen LogP contribution >= 0.6 is 23.1 Å². The van der Waals surface area contributed by atoms with E-state index < -0.39 is 18.1 Å². The molecule has 1 aliphatic heterocycles. The number of rotatable bonds is 4. The van der Waals surface area contributed by atoms with Gasteiger partial charge in [-0.2, -0.15) is 11.3 Å². The van der Waals surface area contributed by atoms with Gasteiger partial charge in [0, 0.05) is 5.75 Å². The van der Waals surface area contributed by atoms with Crippen molar-refractivity contribution in [1.29, 1.82) is 0 Å². The average molecular weight is 349 g/mol. The normalized spacial score (nSPS) is 20.4. The quantitative estimate of drug-likeness (QED) is 0.914. The summed E-state index contributed by atoms with van der Waals surface area (Å²) in [4.78, 5) is 25.2. The Morgan fingerprint density at radius 1 is 1.26 bits per heavy atom. The number of aliphatic carboxylic acids is 1. The Hall–Kier alpha value is -1.99. The van der Waals surface area contributed by atoms with E-state index >= 15 is 0 Å². The second-order valence-electron chi connectivity index (χ2n) is 5.04. The van der Waals surface area contributed by atoms with Crippen LogP contribution in [0.1, 0.15) is 16.5 Å². The first-order chi connectivity index (χ1) is 11.2. The Kier molecular flexibility index (Phi) is 4.88. The van der Waals surface area contributed by atoms with Crippen molar-refractivity contribution >= 4 is 35.2 Å². The Morgan fingerprint density at radius 2 is 2.04 bits per heavy atom. The molecule has 7 heteroatoms. The summed E-state index contributed by atoms with van der Waals surface area (Å²) in [6.07, 6.45) is -0.595. The summed E-state index contributed by atoms with van der Waals surface area (Å²) in [7, 11) is 0. The summed E-state index contributed by atoms with van der Waals surface area (Å²) >= 11 is 2.97. The Morgan fingerprint density at radius 3 is 2.70 bits per heavy atom. The molecule has 0 bridgehead atoms. The van der Waals surface area contributed by atoms with Crippen molar-refractivity contribution in [3.63, 3.8) is 0 Å². The number of thioether (sulfide) groups is 1. The van der Waals surface area contributed by atoms with E-state index in [1.165, 1.54) is 28.0 Å². The number of hydrogen-bond acceptors (Lipinski definition) is 5. The molecule has 2 unspecified atom stereocenters. The van der Waals surface area contributed by atoms with Crippen LogP contribution in [0.3, 0.4) is 0 Å². The predicted octanol–water partition coefficient (Wildman–Crippen LogP) is 3.59. The van der Waals surface area contributed by atoms with Gasteiger partial charge < -0.3 is 9.84 Å². The van der Waals surface area contributed by atoms with Crippen molar-refractivity contribution in [2.75, 3.05) is 5.75 Å². The molecule has 2 atom stereocenters. The molecule has 0 saturated carbocycles. The summed E-state index contributed by atoms with van der Waals surface area (Å²) in [6.45, 7) is 0.129. The highest BCUT2D eigenvalue weighted by molar-refractivity contribution is 7.99. The van der Waals surface area contributed by atoms with E-state index in [-0.39, 0.29) is 12.0 Å². The highest BCUT2D eigenvalue weighted by Crippen LogP contribution is 2.42. The molecule has 1 aromatic carbocycles. The van der Waals surface area contributed by atoms with Gasteiger partial charge >= 0.3 is 12.1 Å². The van der Waals surface area contributed by atoms with Crippen LogP contribution in [0.2, 0.25) is 0 Å². The fourth-order valence-electron chi connectivity index (χ4n) is 2.39. The topological polar surface area (TPSA) is 66.8 Å². The molecule has 2 aromatic rings. The summed E-state index contributed by atoms with van der Waals surface area (Å²) in [5.41, 5.74) is 1.80. The number of ether oxygens (including phenoxy) is 1. The molecule has 2 heterocycles. The molecule has 1 fully saturated rings. The van der Waals surface area contributed by atoms with Gasteiger partial charge in [0.05, 0.1) is 0 Å². The highest BCUT2D eigenvalue weighted by atomic mass is 32.2. The highest BCUT2D eigenvalue weighted by Gasteiger charge is 2.43. The maximum absolute atomic E-state index is 12.5. The molecule has 1 saturated heterocycles. The van der Waals surface area contributed by atoms with Gasteiger partial charge in [-0.3, -0.25) is 4.90 Å². The van der Waals surface area contributed by atoms with E-state index in [0.717, 1.165) is 11.1 Å². The maximum Gasteiger partial charge on any atom is 0.412 e. The monoisotopic (exact) mass is 349 g/mol. The molecule has 5 nitrogen and oxygen atoms in total. The van der Waals surface area contributed by atoms with Crippen LogP contribution in [-0.2, 0) is 16.1 Å². The standard InChI is InChI=1S/C16H15NO4S2/c18-15(19)13-10-23-14(12-6-7-22-9-12)17(13)16(20)21-8-11-4-2-1-3-5-11/h1-7,9,13-14H,8,10H2,(H,18,19). The molecule has 0 aliphatic carbocycles. The molecular formula is C16H15NO4S2. The lowest BCUT2D eigenvalue weighted by molar-refractivity contribution is -0.141. The number of carboxylic acids is 1. The van der Waals surface area contributed by atoms with E-state index in [2.05, 4.69) is 0 Å². The number of hydrogen-bond donors (Lipinski definition) is 1. The third kappa shape index (κ3) is 3.51. The zero-order valence-electron chi connectivity index (χ0n) is 12.1. The number of nitrogens with zero attached hydrogens (tertiary/aromatic N) is 1. The largest absolute Gasteiger partial charge is 0.480 e. The zero-order chi connectivity index (χ0) is 16.2. The smallest absolute Gasteiger partial charge is 0.412 e. The maximum atomic E-state index is 12.5. The van der Waals surface area contributed by atoms with Crippen LogP contribution < -0.4 is 0 Å². The van der Waals surface area contributed by atoms with Crippen molar-refractivity contribution in [2.24, 2.45) is 0 Å². The van der Waals surface area contributed by atoms with E-state index in [4.69, 9.17) is 4.74 Å². The number of amides is 1. The first-order valence-electron chi connectivity index (χ1n) is 7.02. The number of carboxylic acid groups (broad SMARTS) is 1. The van der Waals surface area contributed by atoms with Gasteiger partial charge in [0.2, 0.25) is 0 Å². The first kappa shape index (κ1) is 15.9. The zero-order valence-corrected chi connectivity index (χ0v) is 13.8. The van der Waals surface area contributed by atoms with Crippen molar-refractivity contribution in [3.05, 3.63) is 58.3 Å². The molecule has 0 spiro atoms. The number of benzene rings is 1. The minimum atomic E-state index is -1.01. The molecule has 120 valence electrons. The van der Waals surface area contributed by atoms with Gasteiger partial charge in [0.25, 0.3) is 0 Å². The average Bonchev–Trinajstić information content (AvgIpc) is 3.22. The van der Waals surface area contributed by atoms with Crippen LogP contribution in [-0.4, -0.2) is 33.9 Å². The lowest BCUT2D eigenvalue weighted by atomic mass is 10.2. The van der Waals surface area contributed by atoms with Crippen molar-refractivity contribution in [1.82, 2.24) is 4.90 Å². The molecule has 1 N–H and O–H groups in total. The third-order valence-electron chi connectivity index (χ3n) is 3.53. The van der Waals surface area contributed by atoms with Crippen LogP contribution in [0.25, 0.3) is 0 Å². The van der Waals surface area contributed by atoms with Crippen molar-refractivity contribution < 1.29 is 19.4 Å². The number of carbonyl (C=O) groups is 2. The second-order valence-corrected chi connectivity index (χ2v) is 6.94. The molecular weight excluding hydrogens is 334 g/mol. The van der Waals surface area contributed by atoms with E-state index in [0.29, 0.717) is 5.75 Å². The van der Waals surface area contributed by atoms with E-state index in [1.807, 2.05) is 47.2 Å². The number of thiophene rings is 1. The Balaban J connectivity index is 1.74. The van der Waals surface area contributed by atoms with Gasteiger partial charge in [-0.25, -0.2) is 9.59 Å². The molecule has 3 rings (SSSR count). The molecule has 0 radical (unpaired) electrons. The lowest BCUT2D eigenvalue weighted by Gasteiger charge is -2.26. The third-order valence-corrected chi connectivity index (χ3v) is 5.55. The summed E-state index contributed by atoms with van der Waals surface area (Å²) in [5, 5.41) is 12.9. The van der Waals surface area contributed by atoms with Gasteiger partial charge in [-0.05, 0) is 28.0 Å². The fourth-order valence-corrected chi connectivity index (χ4v) is 4.55. The Bertz CT molecular complexity index is 675. The predicted molar refractivity (Wildman–Crippen MR) is 89.4 cm³/mol. The van der Waals surface area contributed by atoms with E-state index in [9.17, 15) is 14.7 Å². The summed E-state index contributed by atoms with van der Waals surface area (Å²) in [5.74, 6) is -0.650. The van der Waals surface area contributed by atoms with Crippen LogP contribution in [0.15, 0.2) is 47.2 Å². The van der Waals surface area contributed by atoms with Crippen molar-refractivity contribution in [2.45, 2.75) is 18.0 Å². The minimum absolute atomic E-state index is 0.129. The van der Waals surface area contributed by atoms with Gasteiger partial charge in [0.15, 0.2) is 0 Å². The summed E-state index contributed by atoms with van der Waals surface area (Å²) < 4.78 is 5.33. The van der Waals surface area contributed by atoms with Gasteiger partial charge in [-0.15, -0.1) is 11.8 Å². The Labute approximate surface area is 141 Å². The van der Waals surface area contributed by atoms with Gasteiger partial charge in [-0.1, -0.05) is 30.3 Å². The lowest BCUT2D eigenvalue weighted by Crippen LogP contribution is -2.43. The molecule has 1 aromatic heterocycles. The molecule has 23 heavy (non-hydrogen) atoms.